The summed E-state index contributed by atoms with van der Waals surface area (Å²) in [7, 11) is 0. The standard InChI is InChI=1S/C12H14O2/c1-9-5-6-10(2)12(8-14)11(9)4-3-7-13/h5-8H,3-4H2,1-2H3. The first-order chi connectivity index (χ1) is 6.70. The van der Waals surface area contributed by atoms with Gasteiger partial charge < -0.3 is 4.79 Å². The Bertz CT molecular complexity index is 354. The van der Waals surface area contributed by atoms with E-state index in [4.69, 9.17) is 0 Å². The van der Waals surface area contributed by atoms with Gasteiger partial charge in [0.15, 0.2) is 6.29 Å². The molecule has 0 aliphatic rings. The molecule has 0 aliphatic heterocycles. The van der Waals surface area contributed by atoms with E-state index >= 15 is 0 Å². The average Bonchev–Trinajstić information content (AvgIpc) is 2.19. The summed E-state index contributed by atoms with van der Waals surface area (Å²) in [5, 5.41) is 0. The van der Waals surface area contributed by atoms with Crippen molar-refractivity contribution in [3.05, 3.63) is 34.4 Å². The Hall–Kier alpha value is -1.44. The quantitative estimate of drug-likeness (QED) is 0.682. The number of hydrogen-bond donors (Lipinski definition) is 0. The number of aryl methyl sites for hydroxylation is 2. The first-order valence-corrected chi connectivity index (χ1v) is 4.68. The molecule has 0 aromatic heterocycles. The fourth-order valence-corrected chi connectivity index (χ4v) is 1.59. The van der Waals surface area contributed by atoms with E-state index in [2.05, 4.69) is 0 Å². The summed E-state index contributed by atoms with van der Waals surface area (Å²) in [6.07, 6.45) is 2.90. The van der Waals surface area contributed by atoms with Crippen LogP contribution in [0.1, 0.15) is 33.5 Å². The third-order valence-corrected chi connectivity index (χ3v) is 2.44. The first-order valence-electron chi connectivity index (χ1n) is 4.68. The molecule has 0 atom stereocenters. The number of benzene rings is 1. The van der Waals surface area contributed by atoms with Gasteiger partial charge in [0, 0.05) is 12.0 Å². The number of carbonyl (C=O) groups excluding carboxylic acids is 2. The number of hydrogen-bond acceptors (Lipinski definition) is 2. The lowest BCUT2D eigenvalue weighted by Crippen LogP contribution is -2.00. The minimum Gasteiger partial charge on any atom is -0.303 e. The minimum absolute atomic E-state index is 0.477. The number of rotatable bonds is 4. The molecule has 14 heavy (non-hydrogen) atoms. The van der Waals surface area contributed by atoms with Crippen LogP contribution in [0.3, 0.4) is 0 Å². The van der Waals surface area contributed by atoms with Gasteiger partial charge in [0.25, 0.3) is 0 Å². The Morgan fingerprint density at radius 3 is 2.36 bits per heavy atom. The molecule has 0 aliphatic carbocycles. The smallest absolute Gasteiger partial charge is 0.150 e. The van der Waals surface area contributed by atoms with Gasteiger partial charge >= 0.3 is 0 Å². The predicted molar refractivity (Wildman–Crippen MR) is 55.7 cm³/mol. The molecule has 0 amide bonds. The van der Waals surface area contributed by atoms with Crippen LogP contribution in [0.4, 0.5) is 0 Å². The van der Waals surface area contributed by atoms with Gasteiger partial charge in [0.2, 0.25) is 0 Å². The molecule has 2 nitrogen and oxygen atoms in total. The van der Waals surface area contributed by atoms with Crippen molar-refractivity contribution in [3.63, 3.8) is 0 Å². The van der Waals surface area contributed by atoms with Gasteiger partial charge in [0.1, 0.15) is 6.29 Å². The van der Waals surface area contributed by atoms with Crippen molar-refractivity contribution in [1.29, 1.82) is 0 Å². The van der Waals surface area contributed by atoms with Crippen molar-refractivity contribution in [1.82, 2.24) is 0 Å². The third-order valence-electron chi connectivity index (χ3n) is 2.44. The van der Waals surface area contributed by atoms with E-state index in [1.165, 1.54) is 0 Å². The average molecular weight is 190 g/mol. The van der Waals surface area contributed by atoms with Crippen molar-refractivity contribution >= 4 is 12.6 Å². The zero-order valence-corrected chi connectivity index (χ0v) is 8.54. The van der Waals surface area contributed by atoms with E-state index in [0.29, 0.717) is 12.8 Å². The highest BCUT2D eigenvalue weighted by atomic mass is 16.1. The Morgan fingerprint density at radius 2 is 1.79 bits per heavy atom. The molecule has 0 saturated heterocycles. The van der Waals surface area contributed by atoms with Crippen LogP contribution in [0.5, 0.6) is 0 Å². The van der Waals surface area contributed by atoms with Gasteiger partial charge in [-0.3, -0.25) is 4.79 Å². The van der Waals surface area contributed by atoms with E-state index in [1.807, 2.05) is 26.0 Å². The molecule has 0 spiro atoms. The summed E-state index contributed by atoms with van der Waals surface area (Å²) in [6.45, 7) is 3.88. The maximum atomic E-state index is 10.9. The molecule has 1 aromatic carbocycles. The van der Waals surface area contributed by atoms with Gasteiger partial charge in [-0.05, 0) is 37.0 Å². The highest BCUT2D eigenvalue weighted by Gasteiger charge is 2.07. The van der Waals surface area contributed by atoms with Gasteiger partial charge in [-0.2, -0.15) is 0 Å². The molecule has 0 bridgehead atoms. The first kappa shape index (κ1) is 10.6. The summed E-state index contributed by atoms with van der Waals surface area (Å²) in [6, 6.07) is 3.92. The molecule has 0 saturated carbocycles. The Labute approximate surface area is 83.9 Å². The molecule has 0 N–H and O–H groups in total. The largest absolute Gasteiger partial charge is 0.303 e. The van der Waals surface area contributed by atoms with Crippen molar-refractivity contribution in [2.45, 2.75) is 26.7 Å². The van der Waals surface area contributed by atoms with Gasteiger partial charge in [-0.1, -0.05) is 12.1 Å². The SMILES string of the molecule is Cc1ccc(C)c(CCC=O)c1C=O. The van der Waals surface area contributed by atoms with Crippen molar-refractivity contribution in [2.24, 2.45) is 0 Å². The molecular weight excluding hydrogens is 176 g/mol. The molecule has 0 radical (unpaired) electrons. The molecule has 0 heterocycles. The summed E-state index contributed by atoms with van der Waals surface area (Å²) >= 11 is 0. The second-order valence-corrected chi connectivity index (χ2v) is 3.41. The Kier molecular flexibility index (Phi) is 3.57. The summed E-state index contributed by atoms with van der Waals surface area (Å²) < 4.78 is 0. The lowest BCUT2D eigenvalue weighted by atomic mass is 9.95. The molecule has 0 fully saturated rings. The molecule has 2 heteroatoms. The van der Waals surface area contributed by atoms with Crippen molar-refractivity contribution in [3.8, 4) is 0 Å². The van der Waals surface area contributed by atoms with Crippen LogP contribution >= 0.6 is 0 Å². The molecule has 1 rings (SSSR count). The van der Waals surface area contributed by atoms with E-state index in [9.17, 15) is 9.59 Å². The zero-order valence-electron chi connectivity index (χ0n) is 8.54. The van der Waals surface area contributed by atoms with E-state index in [-0.39, 0.29) is 0 Å². The lowest BCUT2D eigenvalue weighted by molar-refractivity contribution is -0.107. The highest BCUT2D eigenvalue weighted by molar-refractivity contribution is 5.80. The van der Waals surface area contributed by atoms with Crippen LogP contribution in [-0.4, -0.2) is 12.6 Å². The van der Waals surface area contributed by atoms with Crippen LogP contribution in [0.2, 0.25) is 0 Å². The van der Waals surface area contributed by atoms with Crippen LogP contribution in [0.15, 0.2) is 12.1 Å². The Balaban J connectivity index is 3.15. The highest BCUT2D eigenvalue weighted by Crippen LogP contribution is 2.18. The maximum Gasteiger partial charge on any atom is 0.150 e. The van der Waals surface area contributed by atoms with E-state index < -0.39 is 0 Å². The third kappa shape index (κ3) is 2.08. The van der Waals surface area contributed by atoms with Crippen LogP contribution in [0, 0.1) is 13.8 Å². The predicted octanol–water partition coefficient (Wildman–Crippen LogP) is 2.25. The maximum absolute atomic E-state index is 10.9. The topological polar surface area (TPSA) is 34.1 Å². The monoisotopic (exact) mass is 190 g/mol. The Morgan fingerprint density at radius 1 is 1.14 bits per heavy atom. The number of aldehydes is 2. The van der Waals surface area contributed by atoms with Crippen LogP contribution < -0.4 is 0 Å². The zero-order chi connectivity index (χ0) is 10.6. The number of carbonyl (C=O) groups is 2. The van der Waals surface area contributed by atoms with Gasteiger partial charge in [-0.15, -0.1) is 0 Å². The minimum atomic E-state index is 0.477. The van der Waals surface area contributed by atoms with Crippen molar-refractivity contribution in [2.75, 3.05) is 0 Å². The normalized spacial score (nSPS) is 9.86. The fraction of sp³-hybridized carbons (Fsp3) is 0.333. The molecule has 0 unspecified atom stereocenters. The lowest BCUT2D eigenvalue weighted by Gasteiger charge is -2.09. The fourth-order valence-electron chi connectivity index (χ4n) is 1.59. The van der Waals surface area contributed by atoms with Crippen LogP contribution in [-0.2, 0) is 11.2 Å². The van der Waals surface area contributed by atoms with E-state index in [0.717, 1.165) is 34.8 Å². The molecule has 1 aromatic rings. The van der Waals surface area contributed by atoms with Crippen LogP contribution in [0.25, 0.3) is 0 Å². The second-order valence-electron chi connectivity index (χ2n) is 3.41. The molecular formula is C12H14O2. The van der Waals surface area contributed by atoms with Crippen molar-refractivity contribution < 1.29 is 9.59 Å². The summed E-state index contributed by atoms with van der Waals surface area (Å²) in [4.78, 5) is 21.2. The molecule has 74 valence electrons. The van der Waals surface area contributed by atoms with Gasteiger partial charge in [0.05, 0.1) is 0 Å². The van der Waals surface area contributed by atoms with E-state index in [1.54, 1.807) is 0 Å². The van der Waals surface area contributed by atoms with Gasteiger partial charge in [-0.25, -0.2) is 0 Å². The summed E-state index contributed by atoms with van der Waals surface area (Å²) in [5.74, 6) is 0. The second kappa shape index (κ2) is 4.70. The summed E-state index contributed by atoms with van der Waals surface area (Å²) in [5.41, 5.74) is 3.81.